The molecule has 8 heteroatoms. The molecule has 1 N–H and O–H groups in total. The fourth-order valence-electron chi connectivity index (χ4n) is 3.41. The van der Waals surface area contributed by atoms with Gasteiger partial charge in [-0.1, -0.05) is 18.2 Å². The lowest BCUT2D eigenvalue weighted by Gasteiger charge is -2.37. The lowest BCUT2D eigenvalue weighted by molar-refractivity contribution is -0.154. The average molecular weight is 394 g/mol. The van der Waals surface area contributed by atoms with Gasteiger partial charge in [-0.3, -0.25) is 5.32 Å². The summed E-state index contributed by atoms with van der Waals surface area (Å²) in [6, 6.07) is 8.79. The van der Waals surface area contributed by atoms with Crippen LogP contribution < -0.4 is 5.32 Å². The molecule has 2 heterocycles. The number of hydrogen-bond donors (Lipinski definition) is 1. The maximum atomic E-state index is 12.4. The smallest absolute Gasteiger partial charge is 0.340 e. The molecule has 0 radical (unpaired) electrons. The summed E-state index contributed by atoms with van der Waals surface area (Å²) in [7, 11) is 0. The van der Waals surface area contributed by atoms with E-state index in [9.17, 15) is 9.59 Å². The van der Waals surface area contributed by atoms with E-state index in [4.69, 9.17) is 44.3 Å². The van der Waals surface area contributed by atoms with Gasteiger partial charge in [0, 0.05) is 12.5 Å². The molecule has 1 aromatic rings. The molecule has 24 heavy (non-hydrogen) atoms. The van der Waals surface area contributed by atoms with E-state index in [1.807, 2.05) is 6.07 Å². The normalized spacial score (nSPS) is 29.1. The first-order valence-corrected chi connectivity index (χ1v) is 8.75. The van der Waals surface area contributed by atoms with E-state index in [2.05, 4.69) is 5.32 Å². The third-order valence-corrected chi connectivity index (χ3v) is 4.64. The van der Waals surface area contributed by atoms with Gasteiger partial charge in [-0.25, -0.2) is 9.59 Å². The van der Waals surface area contributed by atoms with Gasteiger partial charge in [0.25, 0.3) is 0 Å². The number of hydrogen-bond acceptors (Lipinski definition) is 5. The van der Waals surface area contributed by atoms with Crippen molar-refractivity contribution in [3.8, 4) is 0 Å². The fourth-order valence-corrected chi connectivity index (χ4v) is 3.62. The fraction of sp³-hybridized carbons (Fsp3) is 0.500. The molecular formula is C16H16Cl3NO4. The molecule has 2 aliphatic rings. The maximum Gasteiger partial charge on any atom is 0.340 e. The van der Waals surface area contributed by atoms with E-state index in [0.29, 0.717) is 24.8 Å². The molecule has 5 nitrogen and oxygen atoms in total. The number of benzene rings is 1. The van der Waals surface area contributed by atoms with Crippen molar-refractivity contribution in [3.05, 3.63) is 35.9 Å². The second-order valence-corrected chi connectivity index (χ2v) is 8.31. The third-order valence-electron chi connectivity index (χ3n) is 4.41. The molecule has 2 aliphatic heterocycles. The molecule has 2 saturated heterocycles. The SMILES string of the molecule is O=C(OC1CC2CCC(C(=O)OC(Cl)(Cl)Cl)(C1)[15NH]2)c1ccccc1. The van der Waals surface area contributed by atoms with Crippen LogP contribution in [-0.4, -0.2) is 33.6 Å². The number of alkyl halides is 3. The van der Waals surface area contributed by atoms with Gasteiger partial charge in [0.15, 0.2) is 0 Å². The second-order valence-electron chi connectivity index (χ2n) is 6.13. The topological polar surface area (TPSA) is 64.6 Å². The Morgan fingerprint density at radius 1 is 1.21 bits per heavy atom. The summed E-state index contributed by atoms with van der Waals surface area (Å²) in [5.41, 5.74) is -0.504. The monoisotopic (exact) mass is 392 g/mol. The van der Waals surface area contributed by atoms with Gasteiger partial charge in [0.2, 0.25) is 0 Å². The molecule has 3 rings (SSSR count). The molecule has 0 saturated carbocycles. The number of carbonyl (C=O) groups excluding carboxylic acids is 2. The number of carbonyl (C=O) groups is 2. The average Bonchev–Trinajstić information content (AvgIpc) is 2.83. The van der Waals surface area contributed by atoms with E-state index in [1.54, 1.807) is 24.3 Å². The standard InChI is InChI=1S/C16H16Cl3NO4/c17-16(18,19)24-14(22)15-7-6-11(20-15)8-12(9-15)23-13(21)10-4-2-1-3-5-10/h1-5,11-12,20H,6-9H2/i20+1. The number of nitrogens with one attached hydrogen (secondary N) is 1. The van der Waals surface area contributed by atoms with Crippen molar-refractivity contribution in [2.75, 3.05) is 0 Å². The highest BCUT2D eigenvalue weighted by atomic mass is 35.6. The molecule has 2 fully saturated rings. The summed E-state index contributed by atoms with van der Waals surface area (Å²) in [6.07, 6.45) is 1.86. The van der Waals surface area contributed by atoms with Crippen LogP contribution in [0.4, 0.5) is 0 Å². The van der Waals surface area contributed by atoms with E-state index in [0.717, 1.165) is 6.42 Å². The summed E-state index contributed by atoms with van der Waals surface area (Å²) in [6.45, 7) is 0. The van der Waals surface area contributed by atoms with Gasteiger partial charge in [-0.2, -0.15) is 0 Å². The van der Waals surface area contributed by atoms with Crippen LogP contribution in [0.5, 0.6) is 0 Å². The number of rotatable bonds is 3. The van der Waals surface area contributed by atoms with E-state index >= 15 is 0 Å². The van der Waals surface area contributed by atoms with Crippen molar-refractivity contribution < 1.29 is 19.1 Å². The summed E-state index contributed by atoms with van der Waals surface area (Å²) in [5, 5.41) is 3.23. The zero-order valence-corrected chi connectivity index (χ0v) is 14.9. The van der Waals surface area contributed by atoms with Crippen LogP contribution in [-0.2, 0) is 14.3 Å². The van der Waals surface area contributed by atoms with E-state index in [-0.39, 0.29) is 6.04 Å². The molecular weight excluding hydrogens is 378 g/mol. The summed E-state index contributed by atoms with van der Waals surface area (Å²) in [4.78, 5) is 24.6. The van der Waals surface area contributed by atoms with Crippen LogP contribution in [0.25, 0.3) is 0 Å². The minimum absolute atomic E-state index is 0.0650. The summed E-state index contributed by atoms with van der Waals surface area (Å²) >= 11 is 16.7. The van der Waals surface area contributed by atoms with Crippen LogP contribution in [0.3, 0.4) is 0 Å². The maximum absolute atomic E-state index is 12.4. The Labute approximate surface area is 154 Å². The lowest BCUT2D eigenvalue weighted by atomic mass is 9.91. The molecule has 3 atom stereocenters. The Balaban J connectivity index is 1.69. The Kier molecular flexibility index (Phi) is 4.98. The Hall–Kier alpha value is -1.01. The highest BCUT2D eigenvalue weighted by Crippen LogP contribution is 2.40. The van der Waals surface area contributed by atoms with Gasteiger partial charge in [0.1, 0.15) is 11.6 Å². The first-order valence-electron chi connectivity index (χ1n) is 7.61. The van der Waals surface area contributed by atoms with Gasteiger partial charge in [-0.15, -0.1) is 0 Å². The molecule has 0 aromatic heterocycles. The summed E-state index contributed by atoms with van der Waals surface area (Å²) in [5.74, 6) is -1.04. The Morgan fingerprint density at radius 3 is 2.58 bits per heavy atom. The van der Waals surface area contributed by atoms with Crippen LogP contribution in [0, 0.1) is 0 Å². The van der Waals surface area contributed by atoms with Crippen molar-refractivity contribution in [1.29, 1.82) is 0 Å². The zero-order valence-electron chi connectivity index (χ0n) is 12.6. The molecule has 0 aliphatic carbocycles. The van der Waals surface area contributed by atoms with Crippen molar-refractivity contribution in [3.63, 3.8) is 0 Å². The van der Waals surface area contributed by atoms with Crippen molar-refractivity contribution in [2.45, 2.75) is 47.3 Å². The number of esters is 2. The first kappa shape index (κ1) is 17.8. The van der Waals surface area contributed by atoms with Gasteiger partial charge < -0.3 is 9.47 Å². The number of ether oxygens (including phenoxy) is 2. The molecule has 2 bridgehead atoms. The number of piperidine rings is 1. The predicted octanol–water partition coefficient (Wildman–Crippen LogP) is 3.37. The predicted molar refractivity (Wildman–Crippen MR) is 90.2 cm³/mol. The third kappa shape index (κ3) is 3.97. The Bertz CT molecular complexity index is 634. The largest absolute Gasteiger partial charge is 0.459 e. The highest BCUT2D eigenvalue weighted by molar-refractivity contribution is 6.66. The van der Waals surface area contributed by atoms with Crippen LogP contribution in [0.15, 0.2) is 30.3 Å². The van der Waals surface area contributed by atoms with Crippen LogP contribution in [0.2, 0.25) is 0 Å². The van der Waals surface area contributed by atoms with Crippen molar-refractivity contribution in [1.82, 2.24) is 5.32 Å². The molecule has 0 spiro atoms. The lowest BCUT2D eigenvalue weighted by Crippen LogP contribution is -2.57. The van der Waals surface area contributed by atoms with Crippen LogP contribution in [0.1, 0.15) is 36.0 Å². The summed E-state index contributed by atoms with van der Waals surface area (Å²) < 4.78 is 8.36. The van der Waals surface area contributed by atoms with E-state index in [1.165, 1.54) is 0 Å². The quantitative estimate of drug-likeness (QED) is 0.484. The highest BCUT2D eigenvalue weighted by Gasteiger charge is 2.53. The first-order chi connectivity index (χ1) is 11.3. The second kappa shape index (κ2) is 6.71. The molecule has 130 valence electrons. The van der Waals surface area contributed by atoms with E-state index < -0.39 is 27.6 Å². The molecule has 1 aromatic carbocycles. The minimum atomic E-state index is -2.11. The number of halogens is 3. The van der Waals surface area contributed by atoms with Gasteiger partial charge in [-0.05, 0) is 66.2 Å². The van der Waals surface area contributed by atoms with Gasteiger partial charge in [0.05, 0.1) is 5.56 Å². The molecule has 0 amide bonds. The van der Waals surface area contributed by atoms with Crippen LogP contribution >= 0.6 is 34.8 Å². The van der Waals surface area contributed by atoms with Crippen molar-refractivity contribution in [2.24, 2.45) is 0 Å². The minimum Gasteiger partial charge on any atom is -0.459 e. The molecule has 3 unspecified atom stereocenters. The zero-order chi connectivity index (χ0) is 17.4. The Morgan fingerprint density at radius 2 is 1.92 bits per heavy atom. The number of fused-ring (bicyclic) bond motifs is 2. The van der Waals surface area contributed by atoms with Gasteiger partial charge >= 0.3 is 15.9 Å². The van der Waals surface area contributed by atoms with Crippen molar-refractivity contribution >= 4 is 46.7 Å².